The van der Waals surface area contributed by atoms with E-state index < -0.39 is 12.4 Å². The van der Waals surface area contributed by atoms with Gasteiger partial charge >= 0.3 is 12.4 Å². The van der Waals surface area contributed by atoms with Gasteiger partial charge in [-0.3, -0.25) is 0 Å². The summed E-state index contributed by atoms with van der Waals surface area (Å²) in [6, 6.07) is 6.63. The summed E-state index contributed by atoms with van der Waals surface area (Å²) in [7, 11) is 0. The Morgan fingerprint density at radius 2 is 1.94 bits per heavy atom. The van der Waals surface area contributed by atoms with Gasteiger partial charge in [-0.2, -0.15) is 8.78 Å². The first-order chi connectivity index (χ1) is 7.63. The maximum Gasteiger partial charge on any atom is 0.379 e. The number of hydrogen-bond donors (Lipinski definition) is 0. The highest BCUT2D eigenvalue weighted by molar-refractivity contribution is 5.75. The van der Waals surface area contributed by atoms with Gasteiger partial charge in [0.25, 0.3) is 0 Å². The Morgan fingerprint density at radius 3 is 2.44 bits per heavy atom. The van der Waals surface area contributed by atoms with Crippen molar-refractivity contribution in [1.29, 1.82) is 0 Å². The van der Waals surface area contributed by atoms with E-state index in [1.807, 2.05) is 0 Å². The Morgan fingerprint density at radius 1 is 1.31 bits per heavy atom. The number of unbranched alkanes of at least 4 members (excludes halogenated alkanes) is 1. The highest BCUT2D eigenvalue weighted by Gasteiger charge is 2.17. The number of aryl methyl sites for hydroxylation is 1. The van der Waals surface area contributed by atoms with Gasteiger partial charge in [0.1, 0.15) is 5.75 Å². The van der Waals surface area contributed by atoms with Crippen molar-refractivity contribution in [2.24, 2.45) is 0 Å². The molecule has 0 fully saturated rings. The number of ether oxygens (including phenoxy) is 1. The predicted molar refractivity (Wildman–Crippen MR) is 56.7 cm³/mol. The van der Waals surface area contributed by atoms with E-state index in [0.29, 0.717) is 0 Å². The van der Waals surface area contributed by atoms with Crippen LogP contribution in [0.4, 0.5) is 8.78 Å². The number of alkyl halides is 2. The van der Waals surface area contributed by atoms with E-state index in [0.717, 1.165) is 24.8 Å². The molecule has 1 aromatic carbocycles. The molecule has 0 saturated carbocycles. The number of benzene rings is 1. The van der Waals surface area contributed by atoms with Crippen molar-refractivity contribution >= 4 is 5.97 Å². The molecule has 2 nitrogen and oxygen atoms in total. The van der Waals surface area contributed by atoms with E-state index in [1.165, 1.54) is 12.1 Å². The number of rotatable bonds is 5. The third kappa shape index (κ3) is 3.96. The lowest BCUT2D eigenvalue weighted by molar-refractivity contribution is -0.146. The van der Waals surface area contributed by atoms with E-state index in [1.54, 1.807) is 12.1 Å². The number of carbonyl (C=O) groups excluding carboxylic acids is 1. The largest absolute Gasteiger partial charge is 0.422 e. The van der Waals surface area contributed by atoms with E-state index >= 15 is 0 Å². The number of carbonyl (C=O) groups is 1. The van der Waals surface area contributed by atoms with E-state index in [4.69, 9.17) is 0 Å². The molecule has 88 valence electrons. The Balaban J connectivity index is 2.54. The maximum atomic E-state index is 11.9. The molecule has 0 atom stereocenters. The van der Waals surface area contributed by atoms with Gasteiger partial charge in [-0.05, 0) is 30.5 Å². The van der Waals surface area contributed by atoms with Crippen LogP contribution in [0.15, 0.2) is 24.3 Å². The first-order valence-corrected chi connectivity index (χ1v) is 5.22. The summed E-state index contributed by atoms with van der Waals surface area (Å²) in [4.78, 5) is 10.6. The summed E-state index contributed by atoms with van der Waals surface area (Å²) < 4.78 is 28.2. The molecule has 0 aliphatic heterocycles. The highest BCUT2D eigenvalue weighted by Crippen LogP contribution is 2.15. The van der Waals surface area contributed by atoms with Gasteiger partial charge in [0.05, 0.1) is 0 Å². The molecule has 0 aromatic heterocycles. The Labute approximate surface area is 93.2 Å². The molecule has 0 radical (unpaired) electrons. The van der Waals surface area contributed by atoms with Crippen molar-refractivity contribution < 1.29 is 18.3 Å². The standard InChI is InChI=1S/C12H14F2O2/c1-2-3-4-9-5-7-10(8-6-9)16-12(15)11(13)14/h5-8,11H,2-4H2,1H3. The second-order valence-corrected chi connectivity index (χ2v) is 3.47. The van der Waals surface area contributed by atoms with E-state index in [2.05, 4.69) is 11.7 Å². The van der Waals surface area contributed by atoms with Gasteiger partial charge in [-0.25, -0.2) is 4.79 Å². The molecule has 0 amide bonds. The van der Waals surface area contributed by atoms with Crippen LogP contribution in [0.2, 0.25) is 0 Å². The van der Waals surface area contributed by atoms with Gasteiger partial charge in [0.15, 0.2) is 0 Å². The van der Waals surface area contributed by atoms with Gasteiger partial charge < -0.3 is 4.74 Å². The smallest absolute Gasteiger partial charge is 0.379 e. The van der Waals surface area contributed by atoms with Crippen LogP contribution in [0.5, 0.6) is 5.75 Å². The summed E-state index contributed by atoms with van der Waals surface area (Å²) in [6.45, 7) is 2.10. The maximum absolute atomic E-state index is 11.9. The summed E-state index contributed by atoms with van der Waals surface area (Å²) in [5, 5.41) is 0. The molecule has 1 aromatic rings. The van der Waals surface area contributed by atoms with Crippen LogP contribution < -0.4 is 4.74 Å². The average Bonchev–Trinajstić information content (AvgIpc) is 2.28. The van der Waals surface area contributed by atoms with Crippen molar-refractivity contribution in [1.82, 2.24) is 0 Å². The third-order valence-corrected chi connectivity index (χ3v) is 2.14. The van der Waals surface area contributed by atoms with Gasteiger partial charge in [0.2, 0.25) is 0 Å². The first-order valence-electron chi connectivity index (χ1n) is 5.22. The Bertz CT molecular complexity index is 333. The fourth-order valence-corrected chi connectivity index (χ4v) is 1.27. The second-order valence-electron chi connectivity index (χ2n) is 3.47. The molecule has 0 saturated heterocycles. The van der Waals surface area contributed by atoms with Crippen LogP contribution in [-0.2, 0) is 11.2 Å². The zero-order chi connectivity index (χ0) is 12.0. The Hall–Kier alpha value is -1.45. The SMILES string of the molecule is CCCCc1ccc(OC(=O)C(F)F)cc1. The quantitative estimate of drug-likeness (QED) is 0.571. The first kappa shape index (κ1) is 12.6. The normalized spacial score (nSPS) is 10.5. The molecule has 0 heterocycles. The highest BCUT2D eigenvalue weighted by atomic mass is 19.3. The lowest BCUT2D eigenvalue weighted by Gasteiger charge is -2.04. The predicted octanol–water partition coefficient (Wildman–Crippen LogP) is 3.20. The zero-order valence-corrected chi connectivity index (χ0v) is 9.08. The molecule has 0 spiro atoms. The molecule has 0 unspecified atom stereocenters. The topological polar surface area (TPSA) is 26.3 Å². The fraction of sp³-hybridized carbons (Fsp3) is 0.417. The van der Waals surface area contributed by atoms with E-state index in [9.17, 15) is 13.6 Å². The molecule has 4 heteroatoms. The molecule has 1 rings (SSSR count). The zero-order valence-electron chi connectivity index (χ0n) is 9.08. The minimum absolute atomic E-state index is 0.158. The molecule has 0 bridgehead atoms. The molecule has 0 aliphatic carbocycles. The molecule has 16 heavy (non-hydrogen) atoms. The van der Waals surface area contributed by atoms with Gasteiger partial charge in [-0.15, -0.1) is 0 Å². The average molecular weight is 228 g/mol. The number of hydrogen-bond acceptors (Lipinski definition) is 2. The minimum Gasteiger partial charge on any atom is -0.422 e. The van der Waals surface area contributed by atoms with Crippen LogP contribution in [0.25, 0.3) is 0 Å². The van der Waals surface area contributed by atoms with Crippen LogP contribution >= 0.6 is 0 Å². The summed E-state index contributed by atoms with van der Waals surface area (Å²) in [6.07, 6.45) is 0.0393. The van der Waals surface area contributed by atoms with Crippen LogP contribution in [0.3, 0.4) is 0 Å². The van der Waals surface area contributed by atoms with Crippen LogP contribution in [-0.4, -0.2) is 12.4 Å². The summed E-state index contributed by atoms with van der Waals surface area (Å²) >= 11 is 0. The third-order valence-electron chi connectivity index (χ3n) is 2.14. The van der Waals surface area contributed by atoms with Gasteiger partial charge in [0, 0.05) is 0 Å². The van der Waals surface area contributed by atoms with Crippen LogP contribution in [0.1, 0.15) is 25.3 Å². The number of esters is 1. The molecule has 0 N–H and O–H groups in total. The minimum atomic E-state index is -3.08. The monoisotopic (exact) mass is 228 g/mol. The fourth-order valence-electron chi connectivity index (χ4n) is 1.27. The van der Waals surface area contributed by atoms with Crippen LogP contribution in [0, 0.1) is 0 Å². The van der Waals surface area contributed by atoms with E-state index in [-0.39, 0.29) is 5.75 Å². The van der Waals surface area contributed by atoms with Crippen molar-refractivity contribution in [2.45, 2.75) is 32.6 Å². The molecular formula is C12H14F2O2. The molecule has 0 aliphatic rings. The van der Waals surface area contributed by atoms with Gasteiger partial charge in [-0.1, -0.05) is 25.5 Å². The summed E-state index contributed by atoms with van der Waals surface area (Å²) in [5.74, 6) is -1.35. The lowest BCUT2D eigenvalue weighted by atomic mass is 10.1. The lowest BCUT2D eigenvalue weighted by Crippen LogP contribution is -2.17. The Kier molecular flexibility index (Phi) is 4.89. The van der Waals surface area contributed by atoms with Crippen molar-refractivity contribution in [2.75, 3.05) is 0 Å². The van der Waals surface area contributed by atoms with Crippen molar-refractivity contribution in [3.63, 3.8) is 0 Å². The number of halogens is 2. The van der Waals surface area contributed by atoms with Crippen molar-refractivity contribution in [3.8, 4) is 5.75 Å². The summed E-state index contributed by atoms with van der Waals surface area (Å²) in [5.41, 5.74) is 1.11. The van der Waals surface area contributed by atoms with Crippen molar-refractivity contribution in [3.05, 3.63) is 29.8 Å². The molecular weight excluding hydrogens is 214 g/mol. The second kappa shape index (κ2) is 6.20.